The minimum atomic E-state index is -0.224. The SMILES string of the molecule is CCOc1ccc(Cl)c(C(=O)N2CCn3c(C)nnc3C2)n1. The van der Waals surface area contributed by atoms with Gasteiger partial charge in [-0.25, -0.2) is 4.98 Å². The van der Waals surface area contributed by atoms with E-state index in [0.29, 0.717) is 37.1 Å². The van der Waals surface area contributed by atoms with Crippen molar-refractivity contribution in [2.75, 3.05) is 13.2 Å². The Morgan fingerprint density at radius 3 is 2.95 bits per heavy atom. The molecule has 0 aromatic carbocycles. The second-order valence-electron chi connectivity index (χ2n) is 4.95. The van der Waals surface area contributed by atoms with E-state index in [9.17, 15) is 4.79 Å². The predicted molar refractivity (Wildman–Crippen MR) is 79.9 cm³/mol. The molecule has 7 nitrogen and oxygen atoms in total. The van der Waals surface area contributed by atoms with Gasteiger partial charge in [-0.15, -0.1) is 10.2 Å². The third-order valence-corrected chi connectivity index (χ3v) is 3.85. The summed E-state index contributed by atoms with van der Waals surface area (Å²) in [6.07, 6.45) is 0. The molecule has 0 saturated heterocycles. The average molecular weight is 322 g/mol. The number of hydrogen-bond acceptors (Lipinski definition) is 5. The van der Waals surface area contributed by atoms with Crippen LogP contribution in [0.3, 0.4) is 0 Å². The molecule has 3 heterocycles. The number of carbonyl (C=O) groups excluding carboxylic acids is 1. The van der Waals surface area contributed by atoms with Crippen molar-refractivity contribution >= 4 is 17.5 Å². The van der Waals surface area contributed by atoms with Gasteiger partial charge in [0.05, 0.1) is 18.2 Å². The largest absolute Gasteiger partial charge is 0.478 e. The van der Waals surface area contributed by atoms with E-state index in [-0.39, 0.29) is 11.6 Å². The van der Waals surface area contributed by atoms with Crippen molar-refractivity contribution in [3.8, 4) is 5.88 Å². The number of hydrogen-bond donors (Lipinski definition) is 0. The van der Waals surface area contributed by atoms with Gasteiger partial charge in [0.2, 0.25) is 5.88 Å². The van der Waals surface area contributed by atoms with Gasteiger partial charge in [-0.2, -0.15) is 0 Å². The molecule has 1 aliphatic rings. The molecular weight excluding hydrogens is 306 g/mol. The normalized spacial score (nSPS) is 13.9. The minimum absolute atomic E-state index is 0.206. The van der Waals surface area contributed by atoms with Crippen LogP contribution in [0.2, 0.25) is 5.02 Å². The van der Waals surface area contributed by atoms with E-state index < -0.39 is 0 Å². The molecule has 0 saturated carbocycles. The first-order valence-electron chi connectivity index (χ1n) is 7.07. The lowest BCUT2D eigenvalue weighted by Crippen LogP contribution is -2.39. The average Bonchev–Trinajstić information content (AvgIpc) is 2.89. The lowest BCUT2D eigenvalue weighted by atomic mass is 10.2. The fraction of sp³-hybridized carbons (Fsp3) is 0.429. The van der Waals surface area contributed by atoms with Crippen LogP contribution in [0.15, 0.2) is 12.1 Å². The number of aryl methyl sites for hydroxylation is 1. The zero-order valence-electron chi connectivity index (χ0n) is 12.4. The molecule has 3 rings (SSSR count). The summed E-state index contributed by atoms with van der Waals surface area (Å²) in [7, 11) is 0. The van der Waals surface area contributed by atoms with Gasteiger partial charge >= 0.3 is 0 Å². The smallest absolute Gasteiger partial charge is 0.274 e. The van der Waals surface area contributed by atoms with E-state index in [1.54, 1.807) is 17.0 Å². The summed E-state index contributed by atoms with van der Waals surface area (Å²) >= 11 is 6.12. The Kier molecular flexibility index (Phi) is 3.98. The van der Waals surface area contributed by atoms with Crippen LogP contribution in [-0.2, 0) is 13.1 Å². The van der Waals surface area contributed by atoms with Crippen molar-refractivity contribution < 1.29 is 9.53 Å². The standard InChI is InChI=1S/C14H16ClN5O2/c1-3-22-12-5-4-10(15)13(16-12)14(21)19-6-7-20-9(2)17-18-11(20)8-19/h4-5H,3,6-8H2,1-2H3. The highest BCUT2D eigenvalue weighted by atomic mass is 35.5. The highest BCUT2D eigenvalue weighted by Gasteiger charge is 2.26. The van der Waals surface area contributed by atoms with Crippen molar-refractivity contribution in [3.63, 3.8) is 0 Å². The molecule has 1 aliphatic heterocycles. The summed E-state index contributed by atoms with van der Waals surface area (Å²) in [6.45, 7) is 5.88. The number of amides is 1. The van der Waals surface area contributed by atoms with E-state index in [1.165, 1.54) is 0 Å². The molecule has 0 aliphatic carbocycles. The molecule has 0 spiro atoms. The van der Waals surface area contributed by atoms with Crippen LogP contribution in [0.25, 0.3) is 0 Å². The summed E-state index contributed by atoms with van der Waals surface area (Å²) in [5, 5.41) is 8.44. The van der Waals surface area contributed by atoms with E-state index in [0.717, 1.165) is 11.6 Å². The second-order valence-corrected chi connectivity index (χ2v) is 5.36. The van der Waals surface area contributed by atoms with Gasteiger partial charge in [0.15, 0.2) is 11.5 Å². The number of pyridine rings is 1. The Balaban J connectivity index is 1.84. The number of ether oxygens (including phenoxy) is 1. The lowest BCUT2D eigenvalue weighted by Gasteiger charge is -2.27. The topological polar surface area (TPSA) is 73.1 Å². The quantitative estimate of drug-likeness (QED) is 0.860. The molecule has 1 amide bonds. The van der Waals surface area contributed by atoms with Crippen molar-refractivity contribution in [1.29, 1.82) is 0 Å². The molecule has 0 unspecified atom stereocenters. The Labute approximate surface area is 132 Å². The van der Waals surface area contributed by atoms with E-state index in [4.69, 9.17) is 16.3 Å². The van der Waals surface area contributed by atoms with Gasteiger partial charge in [0, 0.05) is 19.2 Å². The van der Waals surface area contributed by atoms with Crippen LogP contribution in [0, 0.1) is 6.92 Å². The Bertz CT molecular complexity index is 715. The molecule has 0 radical (unpaired) electrons. The fourth-order valence-corrected chi connectivity index (χ4v) is 2.61. The molecule has 0 fully saturated rings. The molecule has 116 valence electrons. The maximum Gasteiger partial charge on any atom is 0.274 e. The number of rotatable bonds is 3. The van der Waals surface area contributed by atoms with Crippen LogP contribution < -0.4 is 4.74 Å². The van der Waals surface area contributed by atoms with Crippen LogP contribution in [0.5, 0.6) is 5.88 Å². The Morgan fingerprint density at radius 1 is 1.36 bits per heavy atom. The highest BCUT2D eigenvalue weighted by Crippen LogP contribution is 2.22. The zero-order chi connectivity index (χ0) is 15.7. The van der Waals surface area contributed by atoms with Crippen LogP contribution in [0.4, 0.5) is 0 Å². The summed E-state index contributed by atoms with van der Waals surface area (Å²) in [5.74, 6) is 1.80. The minimum Gasteiger partial charge on any atom is -0.478 e. The first-order valence-corrected chi connectivity index (χ1v) is 7.45. The van der Waals surface area contributed by atoms with Crippen LogP contribution in [0.1, 0.15) is 29.1 Å². The van der Waals surface area contributed by atoms with Gasteiger partial charge < -0.3 is 14.2 Å². The molecular formula is C14H16ClN5O2. The van der Waals surface area contributed by atoms with E-state index >= 15 is 0 Å². The predicted octanol–water partition coefficient (Wildman–Crippen LogP) is 1.69. The summed E-state index contributed by atoms with van der Waals surface area (Å²) in [6, 6.07) is 3.28. The monoisotopic (exact) mass is 321 g/mol. The number of halogens is 1. The molecule has 2 aromatic heterocycles. The van der Waals surface area contributed by atoms with Gasteiger partial charge in [-0.05, 0) is 19.9 Å². The number of aromatic nitrogens is 4. The molecule has 22 heavy (non-hydrogen) atoms. The number of carbonyl (C=O) groups is 1. The zero-order valence-corrected chi connectivity index (χ0v) is 13.2. The highest BCUT2D eigenvalue weighted by molar-refractivity contribution is 6.33. The van der Waals surface area contributed by atoms with Crippen molar-refractivity contribution in [2.45, 2.75) is 26.9 Å². The second kappa shape index (κ2) is 5.92. The number of fused-ring (bicyclic) bond motifs is 1. The van der Waals surface area contributed by atoms with E-state index in [2.05, 4.69) is 15.2 Å². The van der Waals surface area contributed by atoms with Crippen LogP contribution in [-0.4, -0.2) is 43.7 Å². The van der Waals surface area contributed by atoms with Gasteiger partial charge in [-0.3, -0.25) is 4.79 Å². The first kappa shape index (κ1) is 14.8. The van der Waals surface area contributed by atoms with E-state index in [1.807, 2.05) is 18.4 Å². The third-order valence-electron chi connectivity index (χ3n) is 3.54. The first-order chi connectivity index (χ1) is 10.6. The maximum atomic E-state index is 12.7. The van der Waals surface area contributed by atoms with Gasteiger partial charge in [-0.1, -0.05) is 11.6 Å². The molecule has 0 N–H and O–H groups in total. The van der Waals surface area contributed by atoms with Crippen molar-refractivity contribution in [1.82, 2.24) is 24.6 Å². The third kappa shape index (κ3) is 2.64. The summed E-state index contributed by atoms with van der Waals surface area (Å²) in [5.41, 5.74) is 0.206. The Hall–Kier alpha value is -2.15. The molecule has 8 heteroatoms. The number of nitrogens with zero attached hydrogens (tertiary/aromatic N) is 5. The van der Waals surface area contributed by atoms with Gasteiger partial charge in [0.1, 0.15) is 5.82 Å². The van der Waals surface area contributed by atoms with Gasteiger partial charge in [0.25, 0.3) is 5.91 Å². The molecule has 0 atom stereocenters. The fourth-order valence-electron chi connectivity index (χ4n) is 2.43. The Morgan fingerprint density at radius 2 is 2.18 bits per heavy atom. The van der Waals surface area contributed by atoms with Crippen LogP contribution >= 0.6 is 11.6 Å². The lowest BCUT2D eigenvalue weighted by molar-refractivity contribution is 0.0699. The molecule has 0 bridgehead atoms. The molecule has 2 aromatic rings. The summed E-state index contributed by atoms with van der Waals surface area (Å²) in [4.78, 5) is 18.5. The van der Waals surface area contributed by atoms with Crippen molar-refractivity contribution in [2.24, 2.45) is 0 Å². The maximum absolute atomic E-state index is 12.7. The summed E-state index contributed by atoms with van der Waals surface area (Å²) < 4.78 is 7.34. The van der Waals surface area contributed by atoms with Crippen molar-refractivity contribution in [3.05, 3.63) is 34.5 Å².